The molecule has 0 atom stereocenters. The molecule has 0 bridgehead atoms. The molecule has 0 aliphatic carbocycles. The monoisotopic (exact) mass is 469 g/mol. The van der Waals surface area contributed by atoms with E-state index in [1.807, 2.05) is 0 Å². The van der Waals surface area contributed by atoms with Crippen LogP contribution in [0, 0.1) is 6.92 Å². The molecule has 1 aliphatic rings. The van der Waals surface area contributed by atoms with Crippen molar-refractivity contribution < 1.29 is 19.1 Å². The molecule has 1 aromatic carbocycles. The molecule has 30 heavy (non-hydrogen) atoms. The topological polar surface area (TPSA) is 81.5 Å². The van der Waals surface area contributed by atoms with E-state index >= 15 is 0 Å². The van der Waals surface area contributed by atoms with Gasteiger partial charge >= 0.3 is 5.97 Å². The van der Waals surface area contributed by atoms with Crippen LogP contribution in [-0.2, 0) is 25.7 Å². The average Bonchev–Trinajstić information content (AvgIpc) is 3.24. The Balaban J connectivity index is 1.65. The van der Waals surface area contributed by atoms with Crippen LogP contribution in [0.25, 0.3) is 6.08 Å². The second-order valence-corrected chi connectivity index (χ2v) is 7.80. The van der Waals surface area contributed by atoms with Crippen molar-refractivity contribution in [2.24, 2.45) is 0 Å². The van der Waals surface area contributed by atoms with Gasteiger partial charge in [0, 0.05) is 40.2 Å². The third kappa shape index (κ3) is 5.03. The normalized spacial score (nSPS) is 14.0. The number of benzene rings is 1. The highest BCUT2D eigenvalue weighted by molar-refractivity contribution is 6.36. The summed E-state index contributed by atoms with van der Waals surface area (Å²) in [5.41, 5.74) is 1.79. The van der Waals surface area contributed by atoms with Crippen molar-refractivity contribution >= 4 is 58.7 Å². The quantitative estimate of drug-likeness (QED) is 0.472. The number of halogens is 3. The van der Waals surface area contributed by atoms with Crippen LogP contribution in [0.1, 0.15) is 29.7 Å². The van der Waals surface area contributed by atoms with Gasteiger partial charge in [0.05, 0.1) is 12.2 Å². The van der Waals surface area contributed by atoms with E-state index in [2.05, 4.69) is 5.10 Å². The number of aromatic nitrogens is 2. The minimum Gasteiger partial charge on any atom is -0.452 e. The molecule has 1 fully saturated rings. The minimum atomic E-state index is -0.729. The second kappa shape index (κ2) is 9.64. The Bertz CT molecular complexity index is 1010. The zero-order chi connectivity index (χ0) is 21.8. The SMILES string of the molecule is Cc1nn(Cc2c(Cl)cccc2Cl)c(Cl)c1/C=C/C(=O)OCC(=O)N1CCCC1=O. The van der Waals surface area contributed by atoms with Crippen LogP contribution < -0.4 is 0 Å². The Morgan fingerprint density at radius 3 is 2.57 bits per heavy atom. The first-order valence-electron chi connectivity index (χ1n) is 9.11. The van der Waals surface area contributed by atoms with E-state index in [0.29, 0.717) is 51.4 Å². The van der Waals surface area contributed by atoms with Gasteiger partial charge in [0.15, 0.2) is 6.61 Å². The molecule has 158 valence electrons. The Morgan fingerprint density at radius 1 is 1.23 bits per heavy atom. The largest absolute Gasteiger partial charge is 0.452 e. The number of imide groups is 1. The van der Waals surface area contributed by atoms with Crippen LogP contribution in [0.15, 0.2) is 24.3 Å². The molecule has 0 N–H and O–H groups in total. The lowest BCUT2D eigenvalue weighted by molar-refractivity contribution is -0.151. The summed E-state index contributed by atoms with van der Waals surface area (Å²) in [6.07, 6.45) is 3.57. The molecule has 3 rings (SSSR count). The summed E-state index contributed by atoms with van der Waals surface area (Å²) in [6, 6.07) is 5.19. The Morgan fingerprint density at radius 2 is 1.93 bits per heavy atom. The van der Waals surface area contributed by atoms with Gasteiger partial charge in [-0.25, -0.2) is 9.48 Å². The van der Waals surface area contributed by atoms with E-state index in [4.69, 9.17) is 39.5 Å². The Kier molecular flexibility index (Phi) is 7.18. The lowest BCUT2D eigenvalue weighted by atomic mass is 10.2. The van der Waals surface area contributed by atoms with Crippen LogP contribution in [-0.4, -0.2) is 45.6 Å². The van der Waals surface area contributed by atoms with Gasteiger partial charge in [-0.1, -0.05) is 40.9 Å². The van der Waals surface area contributed by atoms with E-state index < -0.39 is 18.5 Å². The molecule has 2 aromatic rings. The van der Waals surface area contributed by atoms with Crippen molar-refractivity contribution in [2.75, 3.05) is 13.2 Å². The summed E-state index contributed by atoms with van der Waals surface area (Å²) in [6.45, 7) is 1.86. The fourth-order valence-electron chi connectivity index (χ4n) is 3.02. The molecule has 0 saturated carbocycles. The maximum Gasteiger partial charge on any atom is 0.331 e. The number of aryl methyl sites for hydroxylation is 1. The number of esters is 1. The molecule has 7 nitrogen and oxygen atoms in total. The standard InChI is InChI=1S/C20H18Cl3N3O4/c1-12-13(7-8-19(29)30-11-18(28)25-9-3-6-17(25)27)20(23)26(24-12)10-14-15(21)4-2-5-16(14)22/h2,4-5,7-8H,3,6,9-11H2,1H3/b8-7+. The van der Waals surface area contributed by atoms with Crippen molar-refractivity contribution in [3.8, 4) is 0 Å². The van der Waals surface area contributed by atoms with Gasteiger partial charge in [-0.15, -0.1) is 0 Å². The van der Waals surface area contributed by atoms with Crippen molar-refractivity contribution in [3.63, 3.8) is 0 Å². The molecule has 1 saturated heterocycles. The Hall–Kier alpha value is -2.35. The predicted octanol–water partition coefficient (Wildman–Crippen LogP) is 3.91. The van der Waals surface area contributed by atoms with Crippen molar-refractivity contribution in [1.82, 2.24) is 14.7 Å². The predicted molar refractivity (Wildman–Crippen MR) is 113 cm³/mol. The summed E-state index contributed by atoms with van der Waals surface area (Å²) < 4.78 is 6.45. The smallest absolute Gasteiger partial charge is 0.331 e. The van der Waals surface area contributed by atoms with Crippen molar-refractivity contribution in [1.29, 1.82) is 0 Å². The molecule has 0 spiro atoms. The molecular formula is C20H18Cl3N3O4. The first-order chi connectivity index (χ1) is 14.3. The van der Waals surface area contributed by atoms with Gasteiger partial charge < -0.3 is 4.74 Å². The van der Waals surface area contributed by atoms with Gasteiger partial charge in [-0.05, 0) is 31.6 Å². The first kappa shape index (κ1) is 22.3. The summed E-state index contributed by atoms with van der Waals surface area (Å²) in [5, 5.41) is 5.65. The number of hydrogen-bond acceptors (Lipinski definition) is 5. The van der Waals surface area contributed by atoms with Gasteiger partial charge in [0.1, 0.15) is 5.15 Å². The molecule has 10 heteroatoms. The van der Waals surface area contributed by atoms with Crippen LogP contribution in [0.4, 0.5) is 0 Å². The minimum absolute atomic E-state index is 0.250. The van der Waals surface area contributed by atoms with Crippen LogP contribution >= 0.6 is 34.8 Å². The molecule has 1 aromatic heterocycles. The lowest BCUT2D eigenvalue weighted by Crippen LogP contribution is -2.35. The van der Waals surface area contributed by atoms with Crippen molar-refractivity contribution in [2.45, 2.75) is 26.3 Å². The molecule has 1 aliphatic heterocycles. The van der Waals surface area contributed by atoms with Crippen molar-refractivity contribution in [3.05, 3.63) is 56.3 Å². The van der Waals surface area contributed by atoms with E-state index in [1.165, 1.54) is 10.8 Å². The number of carbonyl (C=O) groups excluding carboxylic acids is 3. The van der Waals surface area contributed by atoms with E-state index in [1.54, 1.807) is 25.1 Å². The molecular weight excluding hydrogens is 453 g/mol. The lowest BCUT2D eigenvalue weighted by Gasteiger charge is -2.12. The van der Waals surface area contributed by atoms with E-state index in [0.717, 1.165) is 11.0 Å². The first-order valence-corrected chi connectivity index (χ1v) is 10.2. The van der Waals surface area contributed by atoms with E-state index in [-0.39, 0.29) is 12.5 Å². The van der Waals surface area contributed by atoms with Gasteiger partial charge in [-0.2, -0.15) is 5.10 Å². The number of likely N-dealkylation sites (tertiary alicyclic amines) is 1. The molecule has 2 amide bonds. The Labute approximate surface area is 188 Å². The average molecular weight is 471 g/mol. The fourth-order valence-corrected chi connectivity index (χ4v) is 3.83. The zero-order valence-corrected chi connectivity index (χ0v) is 18.3. The van der Waals surface area contributed by atoms with Gasteiger partial charge in [0.2, 0.25) is 5.91 Å². The maximum atomic E-state index is 12.0. The van der Waals surface area contributed by atoms with Gasteiger partial charge in [-0.3, -0.25) is 14.5 Å². The highest BCUT2D eigenvalue weighted by atomic mass is 35.5. The van der Waals surface area contributed by atoms with Gasteiger partial charge in [0.25, 0.3) is 5.91 Å². The molecule has 0 radical (unpaired) electrons. The third-order valence-corrected chi connectivity index (χ3v) is 5.68. The molecule has 0 unspecified atom stereocenters. The number of hydrogen-bond donors (Lipinski definition) is 0. The third-order valence-electron chi connectivity index (χ3n) is 4.58. The summed E-state index contributed by atoms with van der Waals surface area (Å²) >= 11 is 18.8. The van der Waals surface area contributed by atoms with Crippen LogP contribution in [0.2, 0.25) is 15.2 Å². The maximum absolute atomic E-state index is 12.0. The highest BCUT2D eigenvalue weighted by Crippen LogP contribution is 2.28. The number of rotatable bonds is 6. The number of carbonyl (C=O) groups is 3. The van der Waals surface area contributed by atoms with Crippen LogP contribution in [0.3, 0.4) is 0 Å². The summed E-state index contributed by atoms with van der Waals surface area (Å²) in [4.78, 5) is 36.5. The number of ether oxygens (including phenoxy) is 1. The second-order valence-electron chi connectivity index (χ2n) is 6.63. The number of nitrogens with zero attached hydrogens (tertiary/aromatic N) is 3. The number of amides is 2. The summed E-state index contributed by atoms with van der Waals surface area (Å²) in [5.74, 6) is -1.51. The highest BCUT2D eigenvalue weighted by Gasteiger charge is 2.26. The molecule has 2 heterocycles. The fraction of sp³-hybridized carbons (Fsp3) is 0.300. The summed E-state index contributed by atoms with van der Waals surface area (Å²) in [7, 11) is 0. The van der Waals surface area contributed by atoms with Crippen LogP contribution in [0.5, 0.6) is 0 Å². The van der Waals surface area contributed by atoms with E-state index in [9.17, 15) is 14.4 Å². The zero-order valence-electron chi connectivity index (χ0n) is 16.0.